The number of carbonyl (C=O) groups excluding carboxylic acids is 2. The number of rotatable bonds is 9. The number of methoxy groups -OCH3 is 2. The maximum absolute atomic E-state index is 12.5. The molecule has 0 atom stereocenters. The summed E-state index contributed by atoms with van der Waals surface area (Å²) >= 11 is 0. The van der Waals surface area contributed by atoms with Gasteiger partial charge in [0.2, 0.25) is 0 Å². The maximum atomic E-state index is 12.5. The molecule has 0 spiro atoms. The predicted molar refractivity (Wildman–Crippen MR) is 142 cm³/mol. The average Bonchev–Trinajstić information content (AvgIpc) is 2.87. The first-order valence-electron chi connectivity index (χ1n) is 11.4. The van der Waals surface area contributed by atoms with Gasteiger partial charge in [0, 0.05) is 6.08 Å². The second-order valence-corrected chi connectivity index (χ2v) is 8.19. The molecule has 0 aliphatic rings. The van der Waals surface area contributed by atoms with Gasteiger partial charge in [0.25, 0.3) is 0 Å². The zero-order valence-electron chi connectivity index (χ0n) is 21.0. The minimum absolute atomic E-state index is 0.0318. The van der Waals surface area contributed by atoms with Crippen LogP contribution in [0.5, 0.6) is 23.0 Å². The van der Waals surface area contributed by atoms with Crippen LogP contribution in [0.1, 0.15) is 32.6 Å². The Hall–Kier alpha value is -4.78. The fourth-order valence-electron chi connectivity index (χ4n) is 3.38. The van der Waals surface area contributed by atoms with Crippen molar-refractivity contribution in [3.8, 4) is 23.0 Å². The van der Waals surface area contributed by atoms with Gasteiger partial charge in [-0.2, -0.15) is 0 Å². The highest BCUT2D eigenvalue weighted by Crippen LogP contribution is 2.30. The summed E-state index contributed by atoms with van der Waals surface area (Å²) in [4.78, 5) is 24.7. The van der Waals surface area contributed by atoms with Crippen molar-refractivity contribution in [2.45, 2.75) is 13.8 Å². The third-order valence-corrected chi connectivity index (χ3v) is 5.37. The van der Waals surface area contributed by atoms with Gasteiger partial charge in [0.1, 0.15) is 22.8 Å². The molecule has 0 aromatic heterocycles. The Morgan fingerprint density at radius 1 is 0.784 bits per heavy atom. The fraction of sp³-hybridized carbons (Fsp3) is 0.133. The van der Waals surface area contributed by atoms with Crippen LogP contribution in [0.3, 0.4) is 0 Å². The van der Waals surface area contributed by atoms with Gasteiger partial charge in [-0.15, -0.1) is 0 Å². The second-order valence-electron chi connectivity index (χ2n) is 8.19. The first kappa shape index (κ1) is 26.8. The number of aryl methyl sites for hydroxylation is 2. The van der Waals surface area contributed by atoms with Crippen molar-refractivity contribution in [1.82, 2.24) is 0 Å². The van der Waals surface area contributed by atoms with Crippen LogP contribution < -0.4 is 14.2 Å². The largest absolute Gasteiger partial charge is 0.508 e. The van der Waals surface area contributed by atoms with Crippen molar-refractivity contribution in [1.29, 1.82) is 0 Å². The molecule has 37 heavy (non-hydrogen) atoms. The zero-order chi connectivity index (χ0) is 26.9. The highest BCUT2D eigenvalue weighted by atomic mass is 16.6. The Labute approximate surface area is 215 Å². The van der Waals surface area contributed by atoms with Gasteiger partial charge in [-0.25, -0.2) is 4.79 Å². The van der Waals surface area contributed by atoms with Crippen LogP contribution in [0, 0.1) is 13.8 Å². The van der Waals surface area contributed by atoms with Gasteiger partial charge < -0.3 is 24.4 Å². The van der Waals surface area contributed by atoms with E-state index in [0.29, 0.717) is 5.56 Å². The topological polar surface area (TPSA) is 102 Å². The summed E-state index contributed by atoms with van der Waals surface area (Å²) in [6.07, 6.45) is 7.03. The van der Waals surface area contributed by atoms with E-state index in [2.05, 4.69) is 0 Å². The van der Waals surface area contributed by atoms with Crippen LogP contribution in [-0.4, -0.2) is 36.2 Å². The molecular formula is C30H28O7. The minimum atomic E-state index is -0.730. The lowest BCUT2D eigenvalue weighted by atomic mass is 10.1. The summed E-state index contributed by atoms with van der Waals surface area (Å²) in [5.74, 6) is -0.370. The number of carbonyl (C=O) groups is 2. The van der Waals surface area contributed by atoms with Crippen molar-refractivity contribution < 1.29 is 34.0 Å². The molecule has 7 nitrogen and oxygen atoms in total. The van der Waals surface area contributed by atoms with Crippen molar-refractivity contribution in [2.75, 3.05) is 14.2 Å². The van der Waals surface area contributed by atoms with Crippen molar-refractivity contribution in [3.63, 3.8) is 0 Å². The van der Waals surface area contributed by atoms with Crippen LogP contribution in [0.2, 0.25) is 0 Å². The summed E-state index contributed by atoms with van der Waals surface area (Å²) in [6, 6.07) is 15.0. The number of allylic oxidation sites excluding steroid dienone is 3. The maximum Gasteiger partial charge on any atom is 0.347 e. The van der Waals surface area contributed by atoms with Gasteiger partial charge in [-0.05, 0) is 78.6 Å². The number of aromatic hydroxyl groups is 1. The molecule has 3 aromatic carbocycles. The predicted octanol–water partition coefficient (Wildman–Crippen LogP) is 5.98. The highest BCUT2D eigenvalue weighted by molar-refractivity contribution is 6.02. The molecule has 3 rings (SSSR count). The number of esters is 1. The molecule has 3 aromatic rings. The molecule has 7 heteroatoms. The number of aliphatic hydroxyl groups is 1. The molecule has 0 aliphatic heterocycles. The lowest BCUT2D eigenvalue weighted by Gasteiger charge is -2.11. The van der Waals surface area contributed by atoms with E-state index >= 15 is 0 Å². The summed E-state index contributed by atoms with van der Waals surface area (Å²) in [7, 11) is 3.01. The van der Waals surface area contributed by atoms with Crippen molar-refractivity contribution >= 4 is 23.9 Å². The standard InChI is InChI=1S/C30H28O7/c1-19-5-13-25(26(33)15-19)30(34)37-27-14-10-22(17-29(27)36-4)9-12-24(32)18-23(31)11-8-21-7-6-20(2)28(16-21)35-3/h5-18,31,33H,1-4H3/b11-8+,12-9+,23-18-. The molecule has 0 amide bonds. The number of phenols is 1. The van der Waals surface area contributed by atoms with Gasteiger partial charge >= 0.3 is 5.97 Å². The van der Waals surface area contributed by atoms with Gasteiger partial charge in [0.05, 0.1) is 14.2 Å². The molecule has 0 heterocycles. The Balaban J connectivity index is 1.67. The van der Waals surface area contributed by atoms with Crippen LogP contribution >= 0.6 is 0 Å². The molecule has 190 valence electrons. The van der Waals surface area contributed by atoms with Crippen LogP contribution in [0.25, 0.3) is 12.2 Å². The lowest BCUT2D eigenvalue weighted by molar-refractivity contribution is -0.110. The van der Waals surface area contributed by atoms with Crippen LogP contribution in [0.15, 0.2) is 78.6 Å². The number of ketones is 1. The second kappa shape index (κ2) is 12.3. The Kier molecular flexibility index (Phi) is 8.89. The first-order chi connectivity index (χ1) is 17.7. The van der Waals surface area contributed by atoms with E-state index in [0.717, 1.165) is 28.5 Å². The van der Waals surface area contributed by atoms with Gasteiger partial charge in [-0.3, -0.25) is 4.79 Å². The minimum Gasteiger partial charge on any atom is -0.508 e. The van der Waals surface area contributed by atoms with Crippen LogP contribution in [0.4, 0.5) is 0 Å². The number of benzene rings is 3. The molecule has 2 N–H and O–H groups in total. The number of aliphatic hydroxyl groups excluding tert-OH is 1. The van der Waals surface area contributed by atoms with Crippen LogP contribution in [-0.2, 0) is 4.79 Å². The SMILES string of the molecule is COc1cc(/C=C/C(O)=C/C(=O)/C=C/c2ccc(OC(=O)c3ccc(C)cc3O)c(OC)c2)ccc1C. The normalized spacial score (nSPS) is 11.6. The molecule has 0 saturated heterocycles. The van der Waals surface area contributed by atoms with E-state index in [9.17, 15) is 19.8 Å². The van der Waals surface area contributed by atoms with Crippen molar-refractivity contribution in [3.05, 3.63) is 106 Å². The van der Waals surface area contributed by atoms with Gasteiger partial charge in [-0.1, -0.05) is 36.4 Å². The fourth-order valence-corrected chi connectivity index (χ4v) is 3.38. The zero-order valence-corrected chi connectivity index (χ0v) is 21.0. The highest BCUT2D eigenvalue weighted by Gasteiger charge is 2.16. The smallest absolute Gasteiger partial charge is 0.347 e. The van der Waals surface area contributed by atoms with Crippen molar-refractivity contribution in [2.24, 2.45) is 0 Å². The lowest BCUT2D eigenvalue weighted by Crippen LogP contribution is -2.09. The Morgan fingerprint density at radius 2 is 1.43 bits per heavy atom. The summed E-state index contributed by atoms with van der Waals surface area (Å²) in [6.45, 7) is 3.73. The number of phenolic OH excluding ortho intramolecular Hbond substituents is 1. The molecular weight excluding hydrogens is 472 g/mol. The number of hydrogen-bond donors (Lipinski definition) is 2. The van der Waals surface area contributed by atoms with E-state index in [4.69, 9.17) is 14.2 Å². The number of hydrogen-bond acceptors (Lipinski definition) is 7. The van der Waals surface area contributed by atoms with E-state index in [1.165, 1.54) is 37.5 Å². The summed E-state index contributed by atoms with van der Waals surface area (Å²) in [5.41, 5.74) is 3.26. The molecule has 0 fully saturated rings. The van der Waals surface area contributed by atoms with E-state index in [-0.39, 0.29) is 28.6 Å². The molecule has 0 unspecified atom stereocenters. The van der Waals surface area contributed by atoms with Gasteiger partial charge in [0.15, 0.2) is 17.3 Å². The molecule has 0 radical (unpaired) electrons. The molecule has 0 bridgehead atoms. The Morgan fingerprint density at radius 3 is 2.11 bits per heavy atom. The third kappa shape index (κ3) is 7.35. The van der Waals surface area contributed by atoms with E-state index in [1.54, 1.807) is 44.4 Å². The monoisotopic (exact) mass is 500 g/mol. The average molecular weight is 501 g/mol. The summed E-state index contributed by atoms with van der Waals surface area (Å²) < 4.78 is 16.0. The number of ether oxygens (including phenoxy) is 3. The van der Waals surface area contributed by atoms with E-state index in [1.807, 2.05) is 25.1 Å². The van der Waals surface area contributed by atoms with E-state index < -0.39 is 11.8 Å². The quantitative estimate of drug-likeness (QED) is 0.122. The third-order valence-electron chi connectivity index (χ3n) is 5.37. The molecule has 0 saturated carbocycles. The summed E-state index contributed by atoms with van der Waals surface area (Å²) in [5, 5.41) is 20.1. The Bertz CT molecular complexity index is 1400. The molecule has 0 aliphatic carbocycles. The first-order valence-corrected chi connectivity index (χ1v) is 11.4.